The van der Waals surface area contributed by atoms with E-state index in [9.17, 15) is 20.1 Å². The van der Waals surface area contributed by atoms with Crippen molar-refractivity contribution < 1.29 is 20.1 Å². The minimum absolute atomic E-state index is 0.104. The molecule has 4 nitrogen and oxygen atoms in total. The summed E-state index contributed by atoms with van der Waals surface area (Å²) in [4.78, 5) is 11.6. The molecular formula is C13H17BrO4. The average Bonchev–Trinajstić information content (AvgIpc) is 2.38. The first-order valence-electron chi connectivity index (χ1n) is 5.79. The smallest absolute Gasteiger partial charge is 0.166 e. The monoisotopic (exact) mass is 316 g/mol. The van der Waals surface area contributed by atoms with E-state index in [1.54, 1.807) is 6.92 Å². The number of aromatic hydroxyl groups is 1. The molecule has 5 heteroatoms. The molecule has 0 spiro atoms. The van der Waals surface area contributed by atoms with Gasteiger partial charge < -0.3 is 15.3 Å². The van der Waals surface area contributed by atoms with Crippen molar-refractivity contribution in [3.8, 4) is 5.75 Å². The Morgan fingerprint density at radius 2 is 2.06 bits per heavy atom. The third-order valence-corrected chi connectivity index (χ3v) is 3.21. The lowest BCUT2D eigenvalue weighted by molar-refractivity contribution is 0.0173. The zero-order valence-electron chi connectivity index (χ0n) is 10.1. The first kappa shape index (κ1) is 15.1. The number of benzene rings is 1. The second-order valence-electron chi connectivity index (χ2n) is 4.04. The van der Waals surface area contributed by atoms with Gasteiger partial charge in [0.2, 0.25) is 0 Å². The van der Waals surface area contributed by atoms with Gasteiger partial charge in [0.05, 0.1) is 11.7 Å². The molecule has 3 N–H and O–H groups in total. The summed E-state index contributed by atoms with van der Waals surface area (Å²) in [5.41, 5.74) is 0.609. The lowest BCUT2D eigenvalue weighted by Gasteiger charge is -2.18. The molecule has 1 aromatic carbocycles. The van der Waals surface area contributed by atoms with Crippen LogP contribution in [0.2, 0.25) is 0 Å². The molecule has 0 aliphatic carbocycles. The summed E-state index contributed by atoms with van der Waals surface area (Å²) < 4.78 is 0. The number of halogens is 1. The zero-order chi connectivity index (χ0) is 13.7. The second kappa shape index (κ2) is 6.87. The molecule has 0 radical (unpaired) electrons. The Kier molecular flexibility index (Phi) is 5.78. The van der Waals surface area contributed by atoms with Crippen molar-refractivity contribution in [2.24, 2.45) is 0 Å². The molecule has 0 amide bonds. The Bertz CT molecular complexity index is 419. The summed E-state index contributed by atoms with van der Waals surface area (Å²) in [5, 5.41) is 29.8. The summed E-state index contributed by atoms with van der Waals surface area (Å²) in [6, 6.07) is 4.30. The summed E-state index contributed by atoms with van der Waals surface area (Å²) >= 11 is 3.19. The molecule has 0 fully saturated rings. The second-order valence-corrected chi connectivity index (χ2v) is 4.84. The largest absolute Gasteiger partial charge is 0.507 e. The molecule has 0 saturated heterocycles. The van der Waals surface area contributed by atoms with Gasteiger partial charge in [-0.15, -0.1) is 0 Å². The standard InChI is InChI=1S/C13H17BrO4/c1-2-10(15)9-7-8(3-4-11(9)16)13(18)12(17)5-6-14/h3-4,7,12-13,16-18H,2,5-6H2,1H3. The van der Waals surface area contributed by atoms with E-state index >= 15 is 0 Å². The molecular weight excluding hydrogens is 300 g/mol. The summed E-state index contributed by atoms with van der Waals surface area (Å²) in [6.07, 6.45) is -1.29. The molecule has 0 bridgehead atoms. The highest BCUT2D eigenvalue weighted by Gasteiger charge is 2.20. The zero-order valence-corrected chi connectivity index (χ0v) is 11.7. The summed E-state index contributed by atoms with van der Waals surface area (Å²) in [7, 11) is 0. The van der Waals surface area contributed by atoms with Crippen molar-refractivity contribution in [1.82, 2.24) is 0 Å². The van der Waals surface area contributed by atoms with Gasteiger partial charge in [-0.25, -0.2) is 0 Å². The molecule has 100 valence electrons. The van der Waals surface area contributed by atoms with Crippen LogP contribution in [0.3, 0.4) is 0 Å². The lowest BCUT2D eigenvalue weighted by Crippen LogP contribution is -2.19. The van der Waals surface area contributed by atoms with Gasteiger partial charge in [0.15, 0.2) is 5.78 Å². The van der Waals surface area contributed by atoms with Crippen LogP contribution >= 0.6 is 15.9 Å². The molecule has 1 rings (SSSR count). The van der Waals surface area contributed by atoms with E-state index in [0.717, 1.165) is 0 Å². The van der Waals surface area contributed by atoms with Gasteiger partial charge in [0.25, 0.3) is 0 Å². The molecule has 1 aromatic rings. The molecule has 0 heterocycles. The van der Waals surface area contributed by atoms with Gasteiger partial charge >= 0.3 is 0 Å². The van der Waals surface area contributed by atoms with Crippen molar-refractivity contribution >= 4 is 21.7 Å². The number of rotatable bonds is 6. The first-order valence-corrected chi connectivity index (χ1v) is 6.91. The van der Waals surface area contributed by atoms with Crippen LogP contribution in [0, 0.1) is 0 Å². The number of aliphatic hydroxyl groups excluding tert-OH is 2. The predicted octanol–water partition coefficient (Wildman–Crippen LogP) is 2.16. The quantitative estimate of drug-likeness (QED) is 0.555. The van der Waals surface area contributed by atoms with Crippen LogP contribution < -0.4 is 0 Å². The highest BCUT2D eigenvalue weighted by atomic mass is 79.9. The number of hydrogen-bond acceptors (Lipinski definition) is 4. The van der Waals surface area contributed by atoms with E-state index in [2.05, 4.69) is 15.9 Å². The van der Waals surface area contributed by atoms with Crippen molar-refractivity contribution in [3.05, 3.63) is 29.3 Å². The van der Waals surface area contributed by atoms with Crippen LogP contribution in [-0.4, -0.2) is 32.5 Å². The van der Waals surface area contributed by atoms with E-state index in [-0.39, 0.29) is 23.5 Å². The molecule has 0 aliphatic heterocycles. The fourth-order valence-corrected chi connectivity index (χ4v) is 2.11. The fourth-order valence-electron chi connectivity index (χ4n) is 1.64. The van der Waals surface area contributed by atoms with Crippen LogP contribution in [0.1, 0.15) is 41.8 Å². The van der Waals surface area contributed by atoms with Gasteiger partial charge in [0.1, 0.15) is 11.9 Å². The molecule has 0 aromatic heterocycles. The topological polar surface area (TPSA) is 77.8 Å². The molecule has 0 aliphatic rings. The average molecular weight is 317 g/mol. The predicted molar refractivity (Wildman–Crippen MR) is 72.1 cm³/mol. The highest BCUT2D eigenvalue weighted by Crippen LogP contribution is 2.26. The Balaban J connectivity index is 3.00. The lowest BCUT2D eigenvalue weighted by atomic mass is 9.98. The minimum Gasteiger partial charge on any atom is -0.507 e. The SMILES string of the molecule is CCC(=O)c1cc(C(O)C(O)CCBr)ccc1O. The van der Waals surface area contributed by atoms with Crippen LogP contribution in [-0.2, 0) is 0 Å². The minimum atomic E-state index is -1.06. The third kappa shape index (κ3) is 3.54. The Morgan fingerprint density at radius 3 is 2.61 bits per heavy atom. The molecule has 2 atom stereocenters. The van der Waals surface area contributed by atoms with Crippen molar-refractivity contribution in [2.45, 2.75) is 32.0 Å². The van der Waals surface area contributed by atoms with E-state index in [0.29, 0.717) is 17.3 Å². The van der Waals surface area contributed by atoms with Gasteiger partial charge in [-0.3, -0.25) is 4.79 Å². The molecule has 18 heavy (non-hydrogen) atoms. The van der Waals surface area contributed by atoms with Gasteiger partial charge in [0, 0.05) is 11.8 Å². The summed E-state index contributed by atoms with van der Waals surface area (Å²) in [5.74, 6) is -0.302. The van der Waals surface area contributed by atoms with E-state index < -0.39 is 12.2 Å². The van der Waals surface area contributed by atoms with Crippen LogP contribution in [0.5, 0.6) is 5.75 Å². The van der Waals surface area contributed by atoms with Gasteiger partial charge in [-0.05, 0) is 24.1 Å². The number of Topliss-reactive ketones (excluding diaryl/α,β-unsaturated/α-hetero) is 1. The Labute approximate surface area is 114 Å². The fraction of sp³-hybridized carbons (Fsp3) is 0.462. The van der Waals surface area contributed by atoms with E-state index in [1.165, 1.54) is 18.2 Å². The van der Waals surface area contributed by atoms with Crippen molar-refractivity contribution in [2.75, 3.05) is 5.33 Å². The molecule has 2 unspecified atom stereocenters. The number of aliphatic hydroxyl groups is 2. The number of phenolic OH excluding ortho intramolecular Hbond substituents is 1. The molecule has 0 saturated carbocycles. The Hall–Kier alpha value is -0.910. The maximum Gasteiger partial charge on any atom is 0.166 e. The number of carbonyl (C=O) groups is 1. The van der Waals surface area contributed by atoms with Gasteiger partial charge in [-0.1, -0.05) is 28.9 Å². The van der Waals surface area contributed by atoms with Gasteiger partial charge in [-0.2, -0.15) is 0 Å². The number of hydrogen-bond donors (Lipinski definition) is 3. The number of ketones is 1. The summed E-state index contributed by atoms with van der Waals surface area (Å²) in [6.45, 7) is 1.70. The number of carbonyl (C=O) groups excluding carboxylic acids is 1. The first-order chi connectivity index (χ1) is 8.51. The maximum absolute atomic E-state index is 11.6. The third-order valence-electron chi connectivity index (χ3n) is 2.75. The van der Waals surface area contributed by atoms with E-state index in [4.69, 9.17) is 0 Å². The van der Waals surface area contributed by atoms with Crippen LogP contribution in [0.25, 0.3) is 0 Å². The Morgan fingerprint density at radius 1 is 1.39 bits per heavy atom. The number of phenols is 1. The van der Waals surface area contributed by atoms with Crippen molar-refractivity contribution in [1.29, 1.82) is 0 Å². The van der Waals surface area contributed by atoms with E-state index in [1.807, 2.05) is 0 Å². The van der Waals surface area contributed by atoms with Crippen LogP contribution in [0.4, 0.5) is 0 Å². The van der Waals surface area contributed by atoms with Crippen LogP contribution in [0.15, 0.2) is 18.2 Å². The highest BCUT2D eigenvalue weighted by molar-refractivity contribution is 9.09. The normalized spacial score (nSPS) is 14.2. The number of alkyl halides is 1. The maximum atomic E-state index is 11.6. The van der Waals surface area contributed by atoms with Crippen molar-refractivity contribution in [3.63, 3.8) is 0 Å².